The molecule has 21 heavy (non-hydrogen) atoms. The number of Topliss-reactive ketones (excluding diaryl/α,β-unsaturated/α-hetero) is 1. The largest absolute Gasteiger partial charge is 0.462 e. The van der Waals surface area contributed by atoms with E-state index in [9.17, 15) is 14.0 Å². The summed E-state index contributed by atoms with van der Waals surface area (Å²) in [5, 5.41) is 0. The fourth-order valence-electron chi connectivity index (χ4n) is 3.52. The molecule has 6 heteroatoms. The van der Waals surface area contributed by atoms with Crippen molar-refractivity contribution in [1.29, 1.82) is 0 Å². The lowest BCUT2D eigenvalue weighted by atomic mass is 9.87. The summed E-state index contributed by atoms with van der Waals surface area (Å²) in [5.74, 6) is -0.277. The lowest BCUT2D eigenvalue weighted by molar-refractivity contribution is -0.141. The maximum atomic E-state index is 13.7. The van der Waals surface area contributed by atoms with Gasteiger partial charge in [-0.15, -0.1) is 0 Å². The second-order valence-corrected chi connectivity index (χ2v) is 6.36. The third kappa shape index (κ3) is 4.01. The Morgan fingerprint density at radius 1 is 1.57 bits per heavy atom. The van der Waals surface area contributed by atoms with Crippen molar-refractivity contribution in [3.8, 4) is 0 Å². The van der Waals surface area contributed by atoms with Crippen molar-refractivity contribution in [2.45, 2.75) is 70.2 Å². The van der Waals surface area contributed by atoms with Crippen LogP contribution in [-0.2, 0) is 18.8 Å². The molecule has 1 saturated carbocycles. The highest BCUT2D eigenvalue weighted by molar-refractivity contribution is 7.09. The van der Waals surface area contributed by atoms with Gasteiger partial charge in [-0.1, -0.05) is 19.8 Å². The van der Waals surface area contributed by atoms with E-state index in [2.05, 4.69) is 9.47 Å². The Morgan fingerprint density at radius 3 is 3.00 bits per heavy atom. The number of hydrogen-bond donors (Lipinski definition) is 0. The number of ketones is 1. The van der Waals surface area contributed by atoms with Crippen LogP contribution in [0.4, 0.5) is 4.39 Å². The summed E-state index contributed by atoms with van der Waals surface area (Å²) < 4.78 is 24.3. The lowest BCUT2D eigenvalue weighted by Gasteiger charge is -2.21. The van der Waals surface area contributed by atoms with Gasteiger partial charge in [-0.2, -0.15) is 0 Å². The van der Waals surface area contributed by atoms with Crippen LogP contribution in [0, 0.1) is 11.8 Å². The summed E-state index contributed by atoms with van der Waals surface area (Å²) in [6.45, 7) is 1.98. The second kappa shape index (κ2) is 7.64. The Morgan fingerprint density at radius 2 is 2.33 bits per heavy atom. The number of fused-ring (bicyclic) bond motifs is 1. The topological polar surface area (TPSA) is 52.6 Å². The van der Waals surface area contributed by atoms with Crippen LogP contribution in [0.5, 0.6) is 0 Å². The number of carbonyl (C=O) groups excluding carboxylic acids is 2. The highest BCUT2D eigenvalue weighted by atomic mass is 31.0. The molecule has 0 bridgehead atoms. The first-order valence-electron chi connectivity index (χ1n) is 7.78. The molecule has 1 saturated heterocycles. The molecule has 1 aliphatic heterocycles. The van der Waals surface area contributed by atoms with Gasteiger partial charge < -0.3 is 9.26 Å². The highest BCUT2D eigenvalue weighted by Gasteiger charge is 2.50. The van der Waals surface area contributed by atoms with E-state index in [1.54, 1.807) is 0 Å². The zero-order valence-corrected chi connectivity index (χ0v) is 13.6. The third-order valence-electron chi connectivity index (χ3n) is 4.71. The van der Waals surface area contributed by atoms with Crippen LogP contribution in [0.2, 0.25) is 0 Å². The normalized spacial score (nSPS) is 32.8. The van der Waals surface area contributed by atoms with Crippen molar-refractivity contribution < 1.29 is 23.2 Å². The number of halogens is 1. The molecule has 2 fully saturated rings. The van der Waals surface area contributed by atoms with Crippen LogP contribution >= 0.6 is 9.47 Å². The molecule has 0 amide bonds. The first-order valence-corrected chi connectivity index (χ1v) is 8.25. The van der Waals surface area contributed by atoms with Gasteiger partial charge in [0.2, 0.25) is 0 Å². The van der Waals surface area contributed by atoms with Gasteiger partial charge in [0.1, 0.15) is 6.10 Å². The van der Waals surface area contributed by atoms with E-state index >= 15 is 0 Å². The van der Waals surface area contributed by atoms with Crippen molar-refractivity contribution in [3.63, 3.8) is 0 Å². The van der Waals surface area contributed by atoms with Crippen molar-refractivity contribution in [3.05, 3.63) is 0 Å². The average Bonchev–Trinajstić information content (AvgIpc) is 2.97. The van der Waals surface area contributed by atoms with Gasteiger partial charge in [0.25, 0.3) is 0 Å². The summed E-state index contributed by atoms with van der Waals surface area (Å²) in [4.78, 5) is 23.2. The number of rotatable bonds is 8. The SMILES string of the molecule is CCCCC(F)C(=O)CC[C@H]1C(OP)CC2OC(=O)CC21. The number of carbonyl (C=O) groups is 2. The fraction of sp³-hybridized carbons (Fsp3) is 0.867. The first-order chi connectivity index (χ1) is 10.1. The molecule has 0 spiro atoms. The highest BCUT2D eigenvalue weighted by Crippen LogP contribution is 2.45. The van der Waals surface area contributed by atoms with E-state index in [0.717, 1.165) is 12.8 Å². The van der Waals surface area contributed by atoms with Crippen LogP contribution in [0.15, 0.2) is 0 Å². The fourth-order valence-corrected chi connectivity index (χ4v) is 3.84. The van der Waals surface area contributed by atoms with Gasteiger partial charge in [-0.05, 0) is 18.8 Å². The third-order valence-corrected chi connectivity index (χ3v) is 5.06. The molecule has 1 heterocycles. The number of alkyl halides is 1. The van der Waals surface area contributed by atoms with Gasteiger partial charge in [0, 0.05) is 28.2 Å². The Hall–Kier alpha value is -0.540. The first kappa shape index (κ1) is 16.8. The summed E-state index contributed by atoms with van der Waals surface area (Å²) in [7, 11) is 2.25. The molecule has 4 nitrogen and oxygen atoms in total. The summed E-state index contributed by atoms with van der Waals surface area (Å²) in [6.07, 6.45) is 2.33. The van der Waals surface area contributed by atoms with Crippen LogP contribution in [-0.4, -0.2) is 30.1 Å². The number of esters is 1. The van der Waals surface area contributed by atoms with E-state index in [1.165, 1.54) is 0 Å². The van der Waals surface area contributed by atoms with Crippen molar-refractivity contribution >= 4 is 21.2 Å². The van der Waals surface area contributed by atoms with E-state index in [0.29, 0.717) is 25.7 Å². The van der Waals surface area contributed by atoms with Crippen LogP contribution < -0.4 is 0 Å². The quantitative estimate of drug-likeness (QED) is 0.510. The lowest BCUT2D eigenvalue weighted by Crippen LogP contribution is -2.24. The zero-order chi connectivity index (χ0) is 15.4. The van der Waals surface area contributed by atoms with Crippen LogP contribution in [0.25, 0.3) is 0 Å². The van der Waals surface area contributed by atoms with Gasteiger partial charge in [-0.25, -0.2) is 4.39 Å². The molecule has 0 radical (unpaired) electrons. The monoisotopic (exact) mass is 318 g/mol. The second-order valence-electron chi connectivity index (χ2n) is 6.09. The molecule has 2 rings (SSSR count). The molecule has 5 unspecified atom stereocenters. The average molecular weight is 318 g/mol. The molecule has 2 aliphatic rings. The van der Waals surface area contributed by atoms with Gasteiger partial charge in [0.15, 0.2) is 12.0 Å². The molecule has 0 N–H and O–H groups in total. The molecular formula is C15H24FO4P. The molecule has 0 aromatic rings. The number of hydrogen-bond acceptors (Lipinski definition) is 4. The Kier molecular flexibility index (Phi) is 6.12. The summed E-state index contributed by atoms with van der Waals surface area (Å²) >= 11 is 0. The van der Waals surface area contributed by atoms with E-state index in [1.807, 2.05) is 6.92 Å². The molecular weight excluding hydrogens is 294 g/mol. The minimum atomic E-state index is -1.35. The predicted octanol–water partition coefficient (Wildman–Crippen LogP) is 2.99. The number of ether oxygens (including phenoxy) is 1. The molecule has 0 aromatic heterocycles. The Balaban J connectivity index is 1.85. The van der Waals surface area contributed by atoms with Crippen molar-refractivity contribution in [2.75, 3.05) is 0 Å². The maximum absolute atomic E-state index is 13.7. The maximum Gasteiger partial charge on any atom is 0.306 e. The van der Waals surface area contributed by atoms with Crippen LogP contribution in [0.3, 0.4) is 0 Å². The summed E-state index contributed by atoms with van der Waals surface area (Å²) in [6, 6.07) is 0. The molecule has 0 aromatic carbocycles. The summed E-state index contributed by atoms with van der Waals surface area (Å²) in [5.41, 5.74) is 0. The smallest absolute Gasteiger partial charge is 0.306 e. The Bertz CT molecular complexity index is 390. The van der Waals surface area contributed by atoms with E-state index < -0.39 is 6.17 Å². The van der Waals surface area contributed by atoms with E-state index in [4.69, 9.17) is 9.26 Å². The molecule has 6 atom stereocenters. The van der Waals surface area contributed by atoms with Crippen molar-refractivity contribution in [2.24, 2.45) is 11.8 Å². The van der Waals surface area contributed by atoms with E-state index in [-0.39, 0.29) is 42.2 Å². The predicted molar refractivity (Wildman–Crippen MR) is 79.3 cm³/mol. The Labute approximate surface area is 127 Å². The zero-order valence-electron chi connectivity index (χ0n) is 12.4. The van der Waals surface area contributed by atoms with Crippen molar-refractivity contribution in [1.82, 2.24) is 0 Å². The van der Waals surface area contributed by atoms with Crippen LogP contribution in [0.1, 0.15) is 51.9 Å². The van der Waals surface area contributed by atoms with Gasteiger partial charge in [-0.3, -0.25) is 9.59 Å². The number of unbranched alkanes of at least 4 members (excludes halogenated alkanes) is 1. The minimum Gasteiger partial charge on any atom is -0.462 e. The van der Waals surface area contributed by atoms with Gasteiger partial charge >= 0.3 is 5.97 Å². The minimum absolute atomic E-state index is 0.0281. The molecule has 120 valence electrons. The van der Waals surface area contributed by atoms with Gasteiger partial charge in [0.05, 0.1) is 12.5 Å². The molecule has 1 aliphatic carbocycles. The standard InChI is InChI=1S/C15H24FO4P/c1-2-3-4-11(16)12(17)6-5-9-10-7-15(18)19-13(10)8-14(9)20-21/h9-11,13-14H,2-8,21H2,1H3/t9-,10?,11?,13?,14?/m1/s1.